The fourth-order valence-corrected chi connectivity index (χ4v) is 5.69. The Kier molecular flexibility index (Phi) is 4.58. The molecule has 1 N–H and O–H groups in total. The van der Waals surface area contributed by atoms with Gasteiger partial charge in [0, 0.05) is 31.1 Å². The van der Waals surface area contributed by atoms with Crippen molar-refractivity contribution in [3.8, 4) is 0 Å². The summed E-state index contributed by atoms with van der Waals surface area (Å²) in [6.07, 6.45) is 2.18. The standard InChI is InChI=1S/C15H19NO2S2/c17-15(18)12-3-1-2-11-4-6-16(10-13(11)12)7-5-14-19-8-9-20-14/h1-3,14H,4-10H2,(H,17,18). The van der Waals surface area contributed by atoms with E-state index in [1.165, 1.54) is 23.5 Å². The summed E-state index contributed by atoms with van der Waals surface area (Å²) in [6.45, 7) is 2.93. The van der Waals surface area contributed by atoms with Crippen molar-refractivity contribution < 1.29 is 9.90 Å². The minimum absolute atomic E-state index is 0.483. The lowest BCUT2D eigenvalue weighted by atomic mass is 9.95. The minimum atomic E-state index is -0.800. The van der Waals surface area contributed by atoms with E-state index in [2.05, 4.69) is 34.5 Å². The van der Waals surface area contributed by atoms with Crippen LogP contribution in [0.25, 0.3) is 0 Å². The third-order valence-electron chi connectivity index (χ3n) is 3.95. The van der Waals surface area contributed by atoms with Crippen LogP contribution in [0, 0.1) is 0 Å². The molecule has 2 aliphatic rings. The summed E-state index contributed by atoms with van der Waals surface area (Å²) in [7, 11) is 0. The summed E-state index contributed by atoms with van der Waals surface area (Å²) in [5, 5.41) is 9.30. The quantitative estimate of drug-likeness (QED) is 0.926. The molecule has 1 aromatic rings. The van der Waals surface area contributed by atoms with Gasteiger partial charge in [0.05, 0.1) is 10.1 Å². The summed E-state index contributed by atoms with van der Waals surface area (Å²) in [6, 6.07) is 5.67. The minimum Gasteiger partial charge on any atom is -0.478 e. The van der Waals surface area contributed by atoms with Gasteiger partial charge in [0.1, 0.15) is 0 Å². The predicted octanol–water partition coefficient (Wildman–Crippen LogP) is 2.94. The van der Waals surface area contributed by atoms with E-state index in [0.29, 0.717) is 5.56 Å². The summed E-state index contributed by atoms with van der Waals surface area (Å²) in [5.41, 5.74) is 2.72. The summed E-state index contributed by atoms with van der Waals surface area (Å²) in [5.74, 6) is 1.76. The lowest BCUT2D eigenvalue weighted by molar-refractivity contribution is 0.0693. The summed E-state index contributed by atoms with van der Waals surface area (Å²) >= 11 is 4.13. The summed E-state index contributed by atoms with van der Waals surface area (Å²) in [4.78, 5) is 13.7. The lowest BCUT2D eigenvalue weighted by Crippen LogP contribution is -2.33. The average molecular weight is 309 g/mol. The molecule has 0 aromatic heterocycles. The molecule has 0 radical (unpaired) electrons. The monoisotopic (exact) mass is 309 g/mol. The Balaban J connectivity index is 1.66. The lowest BCUT2D eigenvalue weighted by Gasteiger charge is -2.30. The molecule has 0 spiro atoms. The largest absolute Gasteiger partial charge is 0.478 e. The molecule has 1 aromatic carbocycles. The van der Waals surface area contributed by atoms with Crippen molar-refractivity contribution in [1.82, 2.24) is 4.90 Å². The molecule has 5 heteroatoms. The molecule has 0 bridgehead atoms. The molecule has 108 valence electrons. The first-order valence-corrected chi connectivity index (χ1v) is 9.13. The first-order valence-electron chi connectivity index (χ1n) is 7.03. The van der Waals surface area contributed by atoms with E-state index in [1.54, 1.807) is 6.07 Å². The maximum Gasteiger partial charge on any atom is 0.336 e. The van der Waals surface area contributed by atoms with Gasteiger partial charge < -0.3 is 5.11 Å². The van der Waals surface area contributed by atoms with Crippen LogP contribution in [-0.2, 0) is 13.0 Å². The zero-order valence-electron chi connectivity index (χ0n) is 11.4. The van der Waals surface area contributed by atoms with Gasteiger partial charge >= 0.3 is 5.97 Å². The second kappa shape index (κ2) is 6.41. The molecule has 3 rings (SSSR count). The summed E-state index contributed by atoms with van der Waals surface area (Å²) < 4.78 is 0.742. The number of rotatable bonds is 4. The van der Waals surface area contributed by atoms with Gasteiger partial charge in [-0.2, -0.15) is 0 Å². The van der Waals surface area contributed by atoms with Crippen molar-refractivity contribution >= 4 is 29.5 Å². The predicted molar refractivity (Wildman–Crippen MR) is 85.7 cm³/mol. The van der Waals surface area contributed by atoms with Crippen LogP contribution in [0.3, 0.4) is 0 Å². The SMILES string of the molecule is O=C(O)c1cccc2c1CN(CCC1SCCS1)CC2. The molecule has 3 nitrogen and oxygen atoms in total. The molecule has 2 aliphatic heterocycles. The number of benzene rings is 1. The highest BCUT2D eigenvalue weighted by atomic mass is 32.2. The topological polar surface area (TPSA) is 40.5 Å². The van der Waals surface area contributed by atoms with Crippen LogP contribution in [0.5, 0.6) is 0 Å². The maximum absolute atomic E-state index is 11.3. The van der Waals surface area contributed by atoms with Gasteiger partial charge in [-0.15, -0.1) is 23.5 Å². The number of carboxylic acids is 1. The number of carboxylic acid groups (broad SMARTS) is 1. The number of hydrogen-bond acceptors (Lipinski definition) is 4. The molecule has 20 heavy (non-hydrogen) atoms. The number of fused-ring (bicyclic) bond motifs is 1. The molecule has 1 saturated heterocycles. The molecular formula is C15H19NO2S2. The highest BCUT2D eigenvalue weighted by Crippen LogP contribution is 2.34. The first-order chi connectivity index (χ1) is 9.74. The van der Waals surface area contributed by atoms with Crippen molar-refractivity contribution in [1.29, 1.82) is 0 Å². The second-order valence-electron chi connectivity index (χ2n) is 5.23. The van der Waals surface area contributed by atoms with Gasteiger partial charge in [-0.25, -0.2) is 4.79 Å². The van der Waals surface area contributed by atoms with Gasteiger partial charge in [-0.05, 0) is 30.0 Å². The van der Waals surface area contributed by atoms with E-state index in [4.69, 9.17) is 0 Å². The van der Waals surface area contributed by atoms with Gasteiger partial charge in [0.25, 0.3) is 0 Å². The van der Waals surface area contributed by atoms with Crippen LogP contribution < -0.4 is 0 Å². The van der Waals surface area contributed by atoms with Gasteiger partial charge in [0.15, 0.2) is 0 Å². The Labute approximate surface area is 128 Å². The molecule has 0 atom stereocenters. The normalized spacial score (nSPS) is 20.0. The zero-order valence-corrected chi connectivity index (χ0v) is 13.0. The van der Waals surface area contributed by atoms with Crippen LogP contribution >= 0.6 is 23.5 Å². The molecule has 0 aliphatic carbocycles. The van der Waals surface area contributed by atoms with E-state index in [9.17, 15) is 9.90 Å². The number of hydrogen-bond donors (Lipinski definition) is 1. The maximum atomic E-state index is 11.3. The Morgan fingerprint density at radius 1 is 1.35 bits per heavy atom. The van der Waals surface area contributed by atoms with Crippen LogP contribution in [0.15, 0.2) is 18.2 Å². The van der Waals surface area contributed by atoms with E-state index in [0.717, 1.165) is 36.2 Å². The highest BCUT2D eigenvalue weighted by Gasteiger charge is 2.23. The van der Waals surface area contributed by atoms with Gasteiger partial charge in [0.2, 0.25) is 0 Å². The fourth-order valence-electron chi connectivity index (χ4n) is 2.89. The number of carbonyl (C=O) groups is 1. The van der Waals surface area contributed by atoms with Crippen molar-refractivity contribution in [2.24, 2.45) is 0 Å². The molecule has 1 fully saturated rings. The molecular weight excluding hydrogens is 290 g/mol. The van der Waals surface area contributed by atoms with E-state index >= 15 is 0 Å². The van der Waals surface area contributed by atoms with Crippen LogP contribution in [0.2, 0.25) is 0 Å². The fraction of sp³-hybridized carbons (Fsp3) is 0.533. The number of aromatic carboxylic acids is 1. The molecule has 0 amide bonds. The third-order valence-corrected chi connectivity index (χ3v) is 7.12. The smallest absolute Gasteiger partial charge is 0.336 e. The number of thioether (sulfide) groups is 2. The molecule has 0 unspecified atom stereocenters. The first kappa shape index (κ1) is 14.3. The average Bonchev–Trinajstić information content (AvgIpc) is 2.97. The highest BCUT2D eigenvalue weighted by molar-refractivity contribution is 8.20. The van der Waals surface area contributed by atoms with Crippen LogP contribution in [0.4, 0.5) is 0 Å². The van der Waals surface area contributed by atoms with Crippen molar-refractivity contribution in [3.63, 3.8) is 0 Å². The number of nitrogens with zero attached hydrogens (tertiary/aromatic N) is 1. The van der Waals surface area contributed by atoms with E-state index in [-0.39, 0.29) is 0 Å². The van der Waals surface area contributed by atoms with Crippen LogP contribution in [-0.4, -0.2) is 45.2 Å². The zero-order chi connectivity index (χ0) is 13.9. The van der Waals surface area contributed by atoms with E-state index in [1.807, 2.05) is 6.07 Å². The Hall–Kier alpha value is -0.650. The van der Waals surface area contributed by atoms with Crippen molar-refractivity contribution in [2.75, 3.05) is 24.6 Å². The molecule has 0 saturated carbocycles. The third kappa shape index (κ3) is 3.15. The van der Waals surface area contributed by atoms with E-state index < -0.39 is 5.97 Å². The van der Waals surface area contributed by atoms with Crippen LogP contribution in [0.1, 0.15) is 27.9 Å². The Morgan fingerprint density at radius 3 is 2.90 bits per heavy atom. The van der Waals surface area contributed by atoms with Crippen molar-refractivity contribution in [3.05, 3.63) is 34.9 Å². The Morgan fingerprint density at radius 2 is 2.15 bits per heavy atom. The van der Waals surface area contributed by atoms with Gasteiger partial charge in [-0.3, -0.25) is 4.90 Å². The van der Waals surface area contributed by atoms with Gasteiger partial charge in [-0.1, -0.05) is 12.1 Å². The second-order valence-corrected chi connectivity index (χ2v) is 8.15. The molecule has 2 heterocycles. The Bertz CT molecular complexity index is 501. The van der Waals surface area contributed by atoms with Crippen molar-refractivity contribution in [2.45, 2.75) is 24.0 Å².